The van der Waals surface area contributed by atoms with Gasteiger partial charge in [-0.2, -0.15) is 9.97 Å². The highest BCUT2D eigenvalue weighted by atomic mass is 16.5. The first-order chi connectivity index (χ1) is 12.9. The molecule has 11 heteroatoms. The van der Waals surface area contributed by atoms with E-state index >= 15 is 0 Å². The summed E-state index contributed by atoms with van der Waals surface area (Å²) in [6.07, 6.45) is 0. The molecular weight excluding hydrogens is 352 g/mol. The molecule has 1 atom stereocenters. The highest BCUT2D eigenvalue weighted by molar-refractivity contribution is 5.83. The zero-order valence-corrected chi connectivity index (χ0v) is 15.3. The van der Waals surface area contributed by atoms with Gasteiger partial charge in [-0.1, -0.05) is 5.21 Å². The molecule has 2 heterocycles. The summed E-state index contributed by atoms with van der Waals surface area (Å²) < 4.78 is 6.51. The Bertz CT molecular complexity index is 956. The van der Waals surface area contributed by atoms with Crippen molar-refractivity contribution >= 4 is 22.9 Å². The Balaban J connectivity index is 1.89. The second kappa shape index (κ2) is 7.50. The first-order valence-electron chi connectivity index (χ1n) is 8.29. The van der Waals surface area contributed by atoms with Crippen LogP contribution in [0.2, 0.25) is 0 Å². The molecule has 0 spiro atoms. The number of hydrogen-bond donors (Lipinski definition) is 5. The number of phenols is 2. The molecule has 0 saturated carbocycles. The second-order valence-electron chi connectivity index (χ2n) is 6.12. The van der Waals surface area contributed by atoms with Gasteiger partial charge in [-0.05, 0) is 19.1 Å². The van der Waals surface area contributed by atoms with Gasteiger partial charge in [-0.15, -0.1) is 5.10 Å². The highest BCUT2D eigenvalue weighted by Crippen LogP contribution is 2.38. The molecule has 0 amide bonds. The Kier molecular flexibility index (Phi) is 5.12. The van der Waals surface area contributed by atoms with Crippen molar-refractivity contribution in [2.45, 2.75) is 19.5 Å². The van der Waals surface area contributed by atoms with E-state index < -0.39 is 0 Å². The average molecular weight is 374 g/mol. The molecule has 11 nitrogen and oxygen atoms in total. The maximum absolute atomic E-state index is 10.1. The number of ether oxygens (including phenoxy) is 1. The highest BCUT2D eigenvalue weighted by Gasteiger charge is 2.16. The summed E-state index contributed by atoms with van der Waals surface area (Å²) in [6.45, 7) is 2.57. The predicted molar refractivity (Wildman–Crippen MR) is 99.9 cm³/mol. The summed E-state index contributed by atoms with van der Waals surface area (Å²) in [6, 6.07) is 3.15. The maximum Gasteiger partial charge on any atom is 0.226 e. The predicted octanol–water partition coefficient (Wildman–Crippen LogP) is 0.549. The fourth-order valence-electron chi connectivity index (χ4n) is 2.46. The average Bonchev–Trinajstić information content (AvgIpc) is 3.02. The normalized spacial score (nSPS) is 12.1. The van der Waals surface area contributed by atoms with Crippen LogP contribution in [0, 0.1) is 0 Å². The molecule has 0 fully saturated rings. The van der Waals surface area contributed by atoms with Crippen molar-refractivity contribution in [1.29, 1.82) is 0 Å². The van der Waals surface area contributed by atoms with Gasteiger partial charge in [0, 0.05) is 31.7 Å². The minimum Gasteiger partial charge on any atom is -0.504 e. The number of nitrogens with zero attached hydrogens (tertiary/aromatic N) is 5. The largest absolute Gasteiger partial charge is 0.504 e. The third kappa shape index (κ3) is 3.77. The Morgan fingerprint density at radius 1 is 1.22 bits per heavy atom. The number of hydrogen-bond acceptors (Lipinski definition) is 10. The zero-order chi connectivity index (χ0) is 19.6. The summed E-state index contributed by atoms with van der Waals surface area (Å²) in [7, 11) is 3.14. The lowest BCUT2D eigenvalue weighted by Crippen LogP contribution is -2.26. The van der Waals surface area contributed by atoms with Crippen LogP contribution in [0.1, 0.15) is 12.5 Å². The molecule has 3 aromatic rings. The summed E-state index contributed by atoms with van der Waals surface area (Å²) >= 11 is 0. The molecule has 6 N–H and O–H groups in total. The fraction of sp³-hybridized carbons (Fsp3) is 0.375. The number of rotatable bonds is 7. The number of aromatic hydroxyl groups is 2. The van der Waals surface area contributed by atoms with E-state index in [0.717, 1.165) is 0 Å². The first kappa shape index (κ1) is 18.5. The molecule has 1 unspecified atom stereocenters. The number of nitrogens with one attached hydrogen (secondary N) is 2. The Labute approximate surface area is 155 Å². The molecule has 0 aliphatic heterocycles. The number of nitrogens with two attached hydrogens (primary N) is 1. The van der Waals surface area contributed by atoms with Gasteiger partial charge in [0.1, 0.15) is 0 Å². The van der Waals surface area contributed by atoms with Crippen molar-refractivity contribution in [3.63, 3.8) is 0 Å². The monoisotopic (exact) mass is 374 g/mol. The van der Waals surface area contributed by atoms with Crippen LogP contribution in [0.4, 0.5) is 11.8 Å². The Hall–Kier alpha value is -3.34. The van der Waals surface area contributed by atoms with Gasteiger partial charge in [0.15, 0.2) is 28.5 Å². The summed E-state index contributed by atoms with van der Waals surface area (Å²) in [4.78, 5) is 8.80. The summed E-state index contributed by atoms with van der Waals surface area (Å²) in [5.74, 6) is 0.437. The zero-order valence-electron chi connectivity index (χ0n) is 15.3. The molecule has 144 valence electrons. The van der Waals surface area contributed by atoms with Crippen LogP contribution in [0.3, 0.4) is 0 Å². The lowest BCUT2D eigenvalue weighted by Gasteiger charge is -2.12. The molecule has 3 rings (SSSR count). The van der Waals surface area contributed by atoms with Crippen molar-refractivity contribution in [2.24, 2.45) is 12.8 Å². The second-order valence-corrected chi connectivity index (χ2v) is 6.12. The molecular formula is C16H22N8O3. The van der Waals surface area contributed by atoms with Crippen molar-refractivity contribution in [2.75, 3.05) is 24.3 Å². The first-order valence-corrected chi connectivity index (χ1v) is 8.29. The minimum absolute atomic E-state index is 0.0652. The van der Waals surface area contributed by atoms with Gasteiger partial charge in [0.05, 0.1) is 7.11 Å². The summed E-state index contributed by atoms with van der Waals surface area (Å²) in [5.41, 5.74) is 7.26. The lowest BCUT2D eigenvalue weighted by atomic mass is 10.1. The fourth-order valence-corrected chi connectivity index (χ4v) is 2.46. The SMILES string of the molecule is COc1ccc(CNc2nc(NCC(C)N)nc3c2nnn3C)c(O)c1O. The van der Waals surface area contributed by atoms with Crippen LogP contribution in [-0.4, -0.2) is 54.9 Å². The van der Waals surface area contributed by atoms with Gasteiger partial charge in [0.25, 0.3) is 0 Å². The molecule has 2 aromatic heterocycles. The number of methoxy groups -OCH3 is 1. The van der Waals surface area contributed by atoms with Gasteiger partial charge >= 0.3 is 0 Å². The third-order valence-corrected chi connectivity index (χ3v) is 3.90. The molecule has 0 saturated heterocycles. The minimum atomic E-state index is -0.316. The smallest absolute Gasteiger partial charge is 0.226 e. The Morgan fingerprint density at radius 2 is 2.00 bits per heavy atom. The number of fused-ring (bicyclic) bond motifs is 1. The lowest BCUT2D eigenvalue weighted by molar-refractivity contribution is 0.349. The van der Waals surface area contributed by atoms with Gasteiger partial charge in [-0.3, -0.25) is 0 Å². The van der Waals surface area contributed by atoms with Crippen molar-refractivity contribution < 1.29 is 14.9 Å². The quantitative estimate of drug-likeness (QED) is 0.370. The van der Waals surface area contributed by atoms with E-state index in [-0.39, 0.29) is 29.8 Å². The molecule has 0 radical (unpaired) electrons. The molecule has 0 bridgehead atoms. The molecule has 0 aliphatic rings. The maximum atomic E-state index is 10.1. The molecule has 1 aromatic carbocycles. The molecule has 0 aliphatic carbocycles. The van der Waals surface area contributed by atoms with Crippen LogP contribution in [-0.2, 0) is 13.6 Å². The van der Waals surface area contributed by atoms with Crippen molar-refractivity contribution in [1.82, 2.24) is 25.0 Å². The van der Waals surface area contributed by atoms with E-state index in [1.54, 1.807) is 19.2 Å². The van der Waals surface area contributed by atoms with Crippen molar-refractivity contribution in [3.8, 4) is 17.2 Å². The van der Waals surface area contributed by atoms with Crippen LogP contribution in [0.15, 0.2) is 12.1 Å². The number of phenolic OH excluding ortho intramolecular Hbond substituents is 2. The number of aryl methyl sites for hydroxylation is 1. The van der Waals surface area contributed by atoms with E-state index in [4.69, 9.17) is 10.5 Å². The van der Waals surface area contributed by atoms with Crippen LogP contribution in [0.25, 0.3) is 11.2 Å². The van der Waals surface area contributed by atoms with Crippen molar-refractivity contribution in [3.05, 3.63) is 17.7 Å². The van der Waals surface area contributed by atoms with Crippen LogP contribution in [0.5, 0.6) is 17.2 Å². The van der Waals surface area contributed by atoms with Crippen LogP contribution >= 0.6 is 0 Å². The van der Waals surface area contributed by atoms with E-state index in [1.165, 1.54) is 11.8 Å². The standard InChI is InChI=1S/C16H22N8O3/c1-8(17)6-19-16-20-14(11-15(21-16)24(2)23-22-11)18-7-9-4-5-10(27-3)13(26)12(9)25/h4-5,8,25-26H,6-7,17H2,1-3H3,(H2,18,19,20,21). The van der Waals surface area contributed by atoms with E-state index in [1.807, 2.05) is 6.92 Å². The number of benzene rings is 1. The Morgan fingerprint density at radius 3 is 2.70 bits per heavy atom. The van der Waals surface area contributed by atoms with Crippen LogP contribution < -0.4 is 21.1 Å². The number of anilines is 2. The number of aromatic nitrogens is 5. The van der Waals surface area contributed by atoms with E-state index in [2.05, 4.69) is 30.9 Å². The third-order valence-electron chi connectivity index (χ3n) is 3.90. The molecule has 27 heavy (non-hydrogen) atoms. The van der Waals surface area contributed by atoms with E-state index in [9.17, 15) is 10.2 Å². The van der Waals surface area contributed by atoms with Gasteiger partial charge in [-0.25, -0.2) is 4.68 Å². The van der Waals surface area contributed by atoms with Gasteiger partial charge < -0.3 is 31.3 Å². The van der Waals surface area contributed by atoms with E-state index in [0.29, 0.717) is 35.0 Å². The topological polar surface area (TPSA) is 156 Å². The summed E-state index contributed by atoms with van der Waals surface area (Å²) in [5, 5.41) is 34.3. The van der Waals surface area contributed by atoms with Gasteiger partial charge in [0.2, 0.25) is 11.7 Å².